The lowest BCUT2D eigenvalue weighted by Crippen LogP contribution is -2.31. The zero-order valence-electron chi connectivity index (χ0n) is 19.2. The summed E-state index contributed by atoms with van der Waals surface area (Å²) in [6.45, 7) is 2.72. The van der Waals surface area contributed by atoms with Gasteiger partial charge in [0.15, 0.2) is 5.13 Å². The van der Waals surface area contributed by atoms with Crippen LogP contribution in [0.4, 0.5) is 5.13 Å². The van der Waals surface area contributed by atoms with Crippen molar-refractivity contribution >= 4 is 39.9 Å². The summed E-state index contributed by atoms with van der Waals surface area (Å²) in [4.78, 5) is 41.7. The highest BCUT2D eigenvalue weighted by Crippen LogP contribution is 2.36. The van der Waals surface area contributed by atoms with Gasteiger partial charge in [-0.1, -0.05) is 22.9 Å². The molecule has 3 aromatic rings. The molecule has 35 heavy (non-hydrogen) atoms. The van der Waals surface area contributed by atoms with E-state index in [2.05, 4.69) is 20.3 Å². The SMILES string of the molecule is COc1cnc(Cl)cc1-c1cc(C)ncc1C(=O)Nc1nc2c(s1)CN(C(=O)[C@H]1CC[C@@H](O)C1)C2. The summed E-state index contributed by atoms with van der Waals surface area (Å²) in [5.41, 5.74) is 3.14. The van der Waals surface area contributed by atoms with Crippen molar-refractivity contribution in [3.63, 3.8) is 0 Å². The van der Waals surface area contributed by atoms with Gasteiger partial charge in [-0.15, -0.1) is 0 Å². The molecule has 1 fully saturated rings. The molecule has 0 aromatic carbocycles. The number of hydrogen-bond acceptors (Lipinski definition) is 8. The van der Waals surface area contributed by atoms with Crippen molar-refractivity contribution in [2.45, 2.75) is 45.4 Å². The van der Waals surface area contributed by atoms with Crippen molar-refractivity contribution in [3.8, 4) is 16.9 Å². The van der Waals surface area contributed by atoms with Gasteiger partial charge < -0.3 is 14.7 Å². The number of carbonyl (C=O) groups excluding carboxylic acids is 2. The first-order chi connectivity index (χ1) is 16.8. The lowest BCUT2D eigenvalue weighted by molar-refractivity contribution is -0.136. The predicted molar refractivity (Wildman–Crippen MR) is 131 cm³/mol. The summed E-state index contributed by atoms with van der Waals surface area (Å²) in [7, 11) is 1.53. The van der Waals surface area contributed by atoms with Crippen LogP contribution in [0.5, 0.6) is 5.75 Å². The third-order valence-electron chi connectivity index (χ3n) is 6.37. The highest BCUT2D eigenvalue weighted by molar-refractivity contribution is 7.16. The van der Waals surface area contributed by atoms with E-state index in [0.29, 0.717) is 53.5 Å². The number of nitrogens with zero attached hydrogens (tertiary/aromatic N) is 4. The number of anilines is 1. The van der Waals surface area contributed by atoms with Crippen LogP contribution in [0.25, 0.3) is 11.1 Å². The number of ether oxygens (including phenoxy) is 1. The van der Waals surface area contributed by atoms with E-state index in [9.17, 15) is 14.7 Å². The molecule has 0 unspecified atom stereocenters. The Labute approximate surface area is 211 Å². The van der Waals surface area contributed by atoms with Crippen molar-refractivity contribution in [3.05, 3.63) is 51.5 Å². The molecule has 0 spiro atoms. The molecule has 0 bridgehead atoms. The first kappa shape index (κ1) is 23.7. The number of nitrogens with one attached hydrogen (secondary N) is 1. The standard InChI is InChI=1S/C24H24ClN5O4S/c1-12-5-15(16-7-21(25)27-9-19(16)34-2)17(8-26-12)22(32)29-24-28-18-10-30(11-20(18)35-24)23(33)13-3-4-14(31)6-13/h5,7-9,13-14,31H,3-4,6,10-11H2,1-2H3,(H,28,29,32)/t13-,14+/m0/s1. The summed E-state index contributed by atoms with van der Waals surface area (Å²) in [5, 5.41) is 13.4. The van der Waals surface area contributed by atoms with Crippen molar-refractivity contribution in [2.75, 3.05) is 12.4 Å². The molecule has 11 heteroatoms. The Morgan fingerprint density at radius 3 is 2.74 bits per heavy atom. The minimum Gasteiger partial charge on any atom is -0.494 e. The topological polar surface area (TPSA) is 118 Å². The largest absolute Gasteiger partial charge is 0.494 e. The fourth-order valence-electron chi connectivity index (χ4n) is 4.61. The molecule has 1 aliphatic carbocycles. The Morgan fingerprint density at radius 2 is 2.03 bits per heavy atom. The second-order valence-electron chi connectivity index (χ2n) is 8.78. The number of hydrogen-bond donors (Lipinski definition) is 2. The summed E-state index contributed by atoms with van der Waals surface area (Å²) in [6.07, 6.45) is 4.57. The number of thiazole rings is 1. The van der Waals surface area contributed by atoms with E-state index >= 15 is 0 Å². The zero-order chi connectivity index (χ0) is 24.7. The van der Waals surface area contributed by atoms with Gasteiger partial charge in [0, 0.05) is 28.9 Å². The Kier molecular flexibility index (Phi) is 6.43. The minimum absolute atomic E-state index is 0.0673. The number of aliphatic hydroxyl groups is 1. The number of methoxy groups -OCH3 is 1. The van der Waals surface area contributed by atoms with Crippen LogP contribution in [0.15, 0.2) is 24.5 Å². The highest BCUT2D eigenvalue weighted by Gasteiger charge is 2.35. The van der Waals surface area contributed by atoms with E-state index < -0.39 is 0 Å². The summed E-state index contributed by atoms with van der Waals surface area (Å²) < 4.78 is 5.43. The average molecular weight is 514 g/mol. The Hall–Kier alpha value is -3.08. The molecule has 2 amide bonds. The number of halogens is 1. The molecule has 0 radical (unpaired) electrons. The van der Waals surface area contributed by atoms with Crippen LogP contribution in [-0.2, 0) is 17.9 Å². The maximum atomic E-state index is 13.2. The molecular formula is C24H24ClN5O4S. The first-order valence-corrected chi connectivity index (χ1v) is 12.4. The molecular weight excluding hydrogens is 490 g/mol. The van der Waals surface area contributed by atoms with Crippen LogP contribution < -0.4 is 10.1 Å². The number of aliphatic hydroxyl groups excluding tert-OH is 1. The van der Waals surface area contributed by atoms with Crippen LogP contribution in [0.3, 0.4) is 0 Å². The summed E-state index contributed by atoms with van der Waals surface area (Å²) in [6, 6.07) is 3.45. The lowest BCUT2D eigenvalue weighted by atomic mass is 10.0. The quantitative estimate of drug-likeness (QED) is 0.498. The average Bonchev–Trinajstić information content (AvgIpc) is 3.53. The third kappa shape index (κ3) is 4.73. The normalized spacial score (nSPS) is 19.0. The number of fused-ring (bicyclic) bond motifs is 1. The minimum atomic E-state index is -0.384. The number of aryl methyl sites for hydroxylation is 1. The Bertz CT molecular complexity index is 1290. The van der Waals surface area contributed by atoms with Crippen LogP contribution in [0, 0.1) is 12.8 Å². The third-order valence-corrected chi connectivity index (χ3v) is 7.57. The van der Waals surface area contributed by atoms with Crippen molar-refractivity contribution < 1.29 is 19.4 Å². The van der Waals surface area contributed by atoms with Gasteiger partial charge in [0.25, 0.3) is 5.91 Å². The summed E-state index contributed by atoms with van der Waals surface area (Å²) >= 11 is 7.48. The van der Waals surface area contributed by atoms with Crippen LogP contribution in [0.1, 0.15) is 45.9 Å². The molecule has 1 aliphatic heterocycles. The second kappa shape index (κ2) is 9.52. The van der Waals surface area contributed by atoms with Gasteiger partial charge in [-0.05, 0) is 38.3 Å². The summed E-state index contributed by atoms with van der Waals surface area (Å²) in [5.74, 6) is 0.0755. The van der Waals surface area contributed by atoms with Gasteiger partial charge in [0.1, 0.15) is 10.9 Å². The molecule has 0 saturated heterocycles. The predicted octanol–water partition coefficient (Wildman–Crippen LogP) is 3.83. The van der Waals surface area contributed by atoms with E-state index in [4.69, 9.17) is 16.3 Å². The van der Waals surface area contributed by atoms with E-state index in [-0.39, 0.29) is 29.0 Å². The van der Waals surface area contributed by atoms with Crippen LogP contribution in [-0.4, -0.2) is 50.0 Å². The highest BCUT2D eigenvalue weighted by atomic mass is 35.5. The van der Waals surface area contributed by atoms with Gasteiger partial charge in [-0.2, -0.15) is 0 Å². The molecule has 2 atom stereocenters. The van der Waals surface area contributed by atoms with Crippen molar-refractivity contribution in [2.24, 2.45) is 5.92 Å². The fraction of sp³-hybridized carbons (Fsp3) is 0.375. The molecule has 2 N–H and O–H groups in total. The monoisotopic (exact) mass is 513 g/mol. The van der Waals surface area contributed by atoms with E-state index in [1.807, 2.05) is 6.92 Å². The van der Waals surface area contributed by atoms with Gasteiger partial charge in [-0.3, -0.25) is 19.9 Å². The smallest absolute Gasteiger partial charge is 0.259 e. The number of amides is 2. The van der Waals surface area contributed by atoms with Gasteiger partial charge in [0.2, 0.25) is 5.91 Å². The van der Waals surface area contributed by atoms with Gasteiger partial charge >= 0.3 is 0 Å². The van der Waals surface area contributed by atoms with Crippen LogP contribution in [0.2, 0.25) is 5.15 Å². The molecule has 182 valence electrons. The maximum Gasteiger partial charge on any atom is 0.259 e. The van der Waals surface area contributed by atoms with E-state index in [1.165, 1.54) is 30.8 Å². The Morgan fingerprint density at radius 1 is 1.20 bits per heavy atom. The second-order valence-corrected chi connectivity index (χ2v) is 10.3. The van der Waals surface area contributed by atoms with E-state index in [0.717, 1.165) is 22.7 Å². The number of aromatic nitrogens is 3. The molecule has 3 aromatic heterocycles. The maximum absolute atomic E-state index is 13.2. The number of pyridine rings is 2. The molecule has 1 saturated carbocycles. The fourth-order valence-corrected chi connectivity index (χ4v) is 5.75. The Balaban J connectivity index is 1.34. The number of rotatable bonds is 5. The number of carbonyl (C=O) groups is 2. The van der Waals surface area contributed by atoms with E-state index in [1.54, 1.807) is 17.0 Å². The lowest BCUT2D eigenvalue weighted by Gasteiger charge is -2.19. The molecule has 2 aliphatic rings. The first-order valence-electron chi connectivity index (χ1n) is 11.3. The van der Waals surface area contributed by atoms with Gasteiger partial charge in [-0.25, -0.2) is 9.97 Å². The van der Waals surface area contributed by atoms with Crippen LogP contribution >= 0.6 is 22.9 Å². The molecule has 9 nitrogen and oxygen atoms in total. The zero-order valence-corrected chi connectivity index (χ0v) is 20.8. The van der Waals surface area contributed by atoms with Crippen molar-refractivity contribution in [1.82, 2.24) is 19.9 Å². The van der Waals surface area contributed by atoms with Gasteiger partial charge in [0.05, 0.1) is 48.6 Å². The molecule has 4 heterocycles. The molecule has 5 rings (SSSR count). The van der Waals surface area contributed by atoms with Crippen molar-refractivity contribution in [1.29, 1.82) is 0 Å².